The third kappa shape index (κ3) is 8.46. The molecule has 1 saturated carbocycles. The number of sulfonamides is 1. The summed E-state index contributed by atoms with van der Waals surface area (Å²) in [5, 5.41) is 3.83. The summed E-state index contributed by atoms with van der Waals surface area (Å²) in [6.07, 6.45) is 5.36. The Labute approximate surface area is 270 Å². The van der Waals surface area contributed by atoms with Crippen molar-refractivity contribution in [3.05, 3.63) is 88.4 Å². The SMILES string of the molecule is CCOc1ccc(S(=O)(=O)N(CC(=O)N(Cc2ccc(Cl)c(Cl)c2)[C@@H](CC)C(=O)NC2CCCCC2)c2ccccc2)cc1. The Kier molecular flexibility index (Phi) is 11.9. The third-order valence-corrected chi connectivity index (χ3v) is 10.2. The minimum Gasteiger partial charge on any atom is -0.494 e. The average molecular weight is 661 g/mol. The van der Waals surface area contributed by atoms with E-state index in [1.165, 1.54) is 17.0 Å². The van der Waals surface area contributed by atoms with E-state index in [9.17, 15) is 18.0 Å². The summed E-state index contributed by atoms with van der Waals surface area (Å²) >= 11 is 12.4. The number of carbonyl (C=O) groups is 2. The highest BCUT2D eigenvalue weighted by Crippen LogP contribution is 2.28. The number of nitrogens with zero attached hydrogens (tertiary/aromatic N) is 2. The quantitative estimate of drug-likeness (QED) is 0.217. The van der Waals surface area contributed by atoms with E-state index >= 15 is 0 Å². The second kappa shape index (κ2) is 15.6. The van der Waals surface area contributed by atoms with Crippen LogP contribution in [0, 0.1) is 0 Å². The molecule has 0 saturated heterocycles. The first-order valence-electron chi connectivity index (χ1n) is 15.0. The molecule has 1 fully saturated rings. The number of nitrogens with one attached hydrogen (secondary N) is 1. The zero-order valence-electron chi connectivity index (χ0n) is 25.0. The summed E-state index contributed by atoms with van der Waals surface area (Å²) in [4.78, 5) is 29.4. The van der Waals surface area contributed by atoms with Crippen molar-refractivity contribution in [1.29, 1.82) is 0 Å². The van der Waals surface area contributed by atoms with Crippen molar-refractivity contribution >= 4 is 50.7 Å². The van der Waals surface area contributed by atoms with Gasteiger partial charge in [0.05, 0.1) is 27.2 Å². The Balaban J connectivity index is 1.69. The standard InChI is InChI=1S/C33H39Cl2N3O5S/c1-3-31(33(40)36-25-11-7-5-8-12-25)37(22-24-15-20-29(34)30(35)21-24)32(39)23-38(26-13-9-6-10-14-26)44(41,42)28-18-16-27(17-19-28)43-4-2/h6,9-10,13-21,25,31H,3-5,7-8,11-12,22-23H2,1-2H3,(H,36,40)/t31-/m0/s1. The predicted molar refractivity (Wildman–Crippen MR) is 175 cm³/mol. The van der Waals surface area contributed by atoms with E-state index in [1.807, 2.05) is 13.8 Å². The monoisotopic (exact) mass is 659 g/mol. The van der Waals surface area contributed by atoms with Crippen LogP contribution in [0.4, 0.5) is 5.69 Å². The largest absolute Gasteiger partial charge is 0.494 e. The molecule has 4 rings (SSSR count). The molecule has 0 radical (unpaired) electrons. The molecule has 1 aliphatic carbocycles. The van der Waals surface area contributed by atoms with Gasteiger partial charge in [0.15, 0.2) is 0 Å². The summed E-state index contributed by atoms with van der Waals surface area (Å²) in [6.45, 7) is 3.65. The smallest absolute Gasteiger partial charge is 0.264 e. The molecule has 236 valence electrons. The molecule has 2 amide bonds. The van der Waals surface area contributed by atoms with Gasteiger partial charge in [-0.2, -0.15) is 0 Å². The van der Waals surface area contributed by atoms with E-state index < -0.39 is 28.5 Å². The summed E-state index contributed by atoms with van der Waals surface area (Å²) in [7, 11) is -4.18. The van der Waals surface area contributed by atoms with Crippen LogP contribution in [0.3, 0.4) is 0 Å². The van der Waals surface area contributed by atoms with Gasteiger partial charge in [-0.1, -0.05) is 73.7 Å². The summed E-state index contributed by atoms with van der Waals surface area (Å²) < 4.78 is 34.6. The number of ether oxygens (including phenoxy) is 1. The number of hydrogen-bond acceptors (Lipinski definition) is 5. The van der Waals surface area contributed by atoms with Gasteiger partial charge in [0, 0.05) is 12.6 Å². The molecular formula is C33H39Cl2N3O5S. The number of carbonyl (C=O) groups excluding carboxylic acids is 2. The minimum atomic E-state index is -4.18. The summed E-state index contributed by atoms with van der Waals surface area (Å²) in [5.41, 5.74) is 0.987. The van der Waals surface area contributed by atoms with Crippen LogP contribution in [0.1, 0.15) is 57.9 Å². The number of anilines is 1. The summed E-state index contributed by atoms with van der Waals surface area (Å²) in [5.74, 6) is -0.245. The fourth-order valence-corrected chi connectivity index (χ4v) is 7.16. The number of para-hydroxylation sites is 1. The molecule has 8 nitrogen and oxygen atoms in total. The Morgan fingerprint density at radius 1 is 0.932 bits per heavy atom. The van der Waals surface area contributed by atoms with Gasteiger partial charge < -0.3 is 15.0 Å². The van der Waals surface area contributed by atoms with Crippen LogP contribution in [0.25, 0.3) is 0 Å². The van der Waals surface area contributed by atoms with E-state index in [1.54, 1.807) is 60.7 Å². The number of amides is 2. The van der Waals surface area contributed by atoms with Crippen LogP contribution in [0.5, 0.6) is 5.75 Å². The molecular weight excluding hydrogens is 621 g/mol. The first kappa shape index (κ1) is 33.6. The van der Waals surface area contributed by atoms with Gasteiger partial charge in [0.25, 0.3) is 10.0 Å². The van der Waals surface area contributed by atoms with E-state index in [-0.39, 0.29) is 23.4 Å². The zero-order chi connectivity index (χ0) is 31.7. The van der Waals surface area contributed by atoms with E-state index in [4.69, 9.17) is 27.9 Å². The van der Waals surface area contributed by atoms with Crippen LogP contribution in [-0.2, 0) is 26.2 Å². The molecule has 0 aliphatic heterocycles. The molecule has 1 N–H and O–H groups in total. The lowest BCUT2D eigenvalue weighted by atomic mass is 9.95. The lowest BCUT2D eigenvalue weighted by Crippen LogP contribution is -2.54. The Bertz CT molecular complexity index is 1510. The maximum atomic E-state index is 14.3. The maximum absolute atomic E-state index is 14.3. The lowest BCUT2D eigenvalue weighted by Gasteiger charge is -2.34. The highest BCUT2D eigenvalue weighted by molar-refractivity contribution is 7.92. The molecule has 1 atom stereocenters. The van der Waals surface area contributed by atoms with Crippen LogP contribution in [0.15, 0.2) is 77.7 Å². The van der Waals surface area contributed by atoms with Crippen molar-refractivity contribution in [2.45, 2.75) is 75.9 Å². The number of halogens is 2. The van der Waals surface area contributed by atoms with Crippen LogP contribution < -0.4 is 14.4 Å². The van der Waals surface area contributed by atoms with Crippen molar-refractivity contribution in [1.82, 2.24) is 10.2 Å². The first-order chi connectivity index (χ1) is 21.1. The topological polar surface area (TPSA) is 96.0 Å². The molecule has 1 aliphatic rings. The maximum Gasteiger partial charge on any atom is 0.264 e. The van der Waals surface area contributed by atoms with Crippen molar-refractivity contribution in [3.8, 4) is 5.75 Å². The molecule has 44 heavy (non-hydrogen) atoms. The van der Waals surface area contributed by atoms with Crippen LogP contribution >= 0.6 is 23.2 Å². The number of hydrogen-bond donors (Lipinski definition) is 1. The predicted octanol–water partition coefficient (Wildman–Crippen LogP) is 6.84. The van der Waals surface area contributed by atoms with Crippen molar-refractivity contribution < 1.29 is 22.7 Å². The number of rotatable bonds is 13. The molecule has 3 aromatic rings. The van der Waals surface area contributed by atoms with Crippen LogP contribution in [-0.4, -0.2) is 50.4 Å². The van der Waals surface area contributed by atoms with Crippen molar-refractivity contribution in [3.63, 3.8) is 0 Å². The van der Waals surface area contributed by atoms with E-state index in [0.717, 1.165) is 36.4 Å². The van der Waals surface area contributed by atoms with Gasteiger partial charge in [0.2, 0.25) is 11.8 Å². The van der Waals surface area contributed by atoms with E-state index in [0.29, 0.717) is 40.1 Å². The lowest BCUT2D eigenvalue weighted by molar-refractivity contribution is -0.140. The van der Waals surface area contributed by atoms with Gasteiger partial charge in [-0.3, -0.25) is 13.9 Å². The normalized spacial score (nSPS) is 14.5. The molecule has 0 unspecified atom stereocenters. The van der Waals surface area contributed by atoms with Crippen molar-refractivity contribution in [2.24, 2.45) is 0 Å². The molecule has 3 aromatic carbocycles. The van der Waals surface area contributed by atoms with Gasteiger partial charge in [-0.25, -0.2) is 8.42 Å². The van der Waals surface area contributed by atoms with Gasteiger partial charge in [-0.15, -0.1) is 0 Å². The third-order valence-electron chi connectivity index (χ3n) is 7.72. The summed E-state index contributed by atoms with van der Waals surface area (Å²) in [6, 6.07) is 18.8. The highest BCUT2D eigenvalue weighted by Gasteiger charge is 2.34. The first-order valence-corrected chi connectivity index (χ1v) is 17.2. The minimum absolute atomic E-state index is 0.00993. The van der Waals surface area contributed by atoms with Crippen molar-refractivity contribution in [2.75, 3.05) is 17.5 Å². The second-order valence-electron chi connectivity index (χ2n) is 10.8. The van der Waals surface area contributed by atoms with E-state index in [2.05, 4.69) is 5.32 Å². The van der Waals surface area contributed by atoms with Gasteiger partial charge in [-0.05, 0) is 80.3 Å². The van der Waals surface area contributed by atoms with Crippen LogP contribution in [0.2, 0.25) is 10.0 Å². The molecule has 0 spiro atoms. The Morgan fingerprint density at radius 2 is 1.61 bits per heavy atom. The molecule has 0 aromatic heterocycles. The van der Waals surface area contributed by atoms with Gasteiger partial charge in [0.1, 0.15) is 18.3 Å². The van der Waals surface area contributed by atoms with Gasteiger partial charge >= 0.3 is 0 Å². The Morgan fingerprint density at radius 3 is 2.23 bits per heavy atom. The Hall–Kier alpha value is -3.27. The highest BCUT2D eigenvalue weighted by atomic mass is 35.5. The average Bonchev–Trinajstić information content (AvgIpc) is 3.02. The second-order valence-corrected chi connectivity index (χ2v) is 13.5. The zero-order valence-corrected chi connectivity index (χ0v) is 27.4. The number of benzene rings is 3. The fourth-order valence-electron chi connectivity index (χ4n) is 5.42. The molecule has 11 heteroatoms. The molecule has 0 bridgehead atoms. The molecule has 0 heterocycles. The fraction of sp³-hybridized carbons (Fsp3) is 0.394.